The summed E-state index contributed by atoms with van der Waals surface area (Å²) in [7, 11) is 0. The van der Waals surface area contributed by atoms with Crippen molar-refractivity contribution in [2.45, 2.75) is 6.54 Å². The lowest BCUT2D eigenvalue weighted by Crippen LogP contribution is -1.98. The third-order valence-electron chi connectivity index (χ3n) is 4.50. The zero-order valence-electron chi connectivity index (χ0n) is 15.1. The molecule has 4 rings (SSSR count). The maximum atomic E-state index is 10.8. The molecular weight excluding hydrogens is 392 g/mol. The molecule has 0 fully saturated rings. The molecule has 0 aliphatic heterocycles. The number of benzene rings is 3. The Morgan fingerprint density at radius 2 is 1.66 bits per heavy atom. The zero-order valence-corrected chi connectivity index (χ0v) is 15.8. The lowest BCUT2D eigenvalue weighted by atomic mass is 10.2. The van der Waals surface area contributed by atoms with E-state index in [9.17, 15) is 15.2 Å². The van der Waals surface area contributed by atoms with Gasteiger partial charge in [-0.15, -0.1) is 5.11 Å². The second-order valence-corrected chi connectivity index (χ2v) is 6.81. The van der Waals surface area contributed by atoms with Gasteiger partial charge in [0, 0.05) is 22.5 Å². The monoisotopic (exact) mass is 406 g/mol. The standard InChI is InChI=1S/C21H15ClN4O3/c22-15-7-5-14(6-8-15)13-25-19-4-2-1-3-18(19)20(21(25)27)24-23-16-9-11-17(12-10-16)26(28)29/h1-12,27H,13H2. The first-order valence-electron chi connectivity index (χ1n) is 8.74. The molecule has 8 heteroatoms. The van der Waals surface area contributed by atoms with Crippen LogP contribution in [-0.2, 0) is 6.54 Å². The van der Waals surface area contributed by atoms with Gasteiger partial charge in [0.1, 0.15) is 0 Å². The summed E-state index contributed by atoms with van der Waals surface area (Å²) in [6.07, 6.45) is 0. The van der Waals surface area contributed by atoms with Crippen LogP contribution in [0.1, 0.15) is 5.56 Å². The van der Waals surface area contributed by atoms with Crippen LogP contribution in [0.2, 0.25) is 5.02 Å². The number of hydrogen-bond acceptors (Lipinski definition) is 5. The fraction of sp³-hybridized carbons (Fsp3) is 0.0476. The van der Waals surface area contributed by atoms with Crippen molar-refractivity contribution in [1.29, 1.82) is 0 Å². The number of nitro groups is 1. The number of non-ortho nitro benzene ring substituents is 1. The van der Waals surface area contributed by atoms with E-state index in [4.69, 9.17) is 11.6 Å². The summed E-state index contributed by atoms with van der Waals surface area (Å²) in [5, 5.41) is 31.3. The van der Waals surface area contributed by atoms with E-state index in [0.717, 1.165) is 16.5 Å². The third kappa shape index (κ3) is 3.81. The molecule has 0 unspecified atom stereocenters. The van der Waals surface area contributed by atoms with Crippen LogP contribution >= 0.6 is 11.6 Å². The maximum absolute atomic E-state index is 10.8. The predicted molar refractivity (Wildman–Crippen MR) is 111 cm³/mol. The number of azo groups is 1. The average Bonchev–Trinajstić information content (AvgIpc) is 2.99. The Balaban J connectivity index is 1.72. The van der Waals surface area contributed by atoms with E-state index in [2.05, 4.69) is 10.2 Å². The van der Waals surface area contributed by atoms with Crippen molar-refractivity contribution in [3.63, 3.8) is 0 Å². The molecule has 0 saturated heterocycles. The predicted octanol–water partition coefficient (Wildman–Crippen LogP) is 6.37. The highest BCUT2D eigenvalue weighted by Crippen LogP contribution is 2.40. The van der Waals surface area contributed by atoms with Crippen LogP contribution in [-0.4, -0.2) is 14.6 Å². The van der Waals surface area contributed by atoms with Crippen molar-refractivity contribution in [3.8, 4) is 5.88 Å². The van der Waals surface area contributed by atoms with Crippen molar-refractivity contribution in [2.24, 2.45) is 10.2 Å². The lowest BCUT2D eigenvalue weighted by Gasteiger charge is -2.07. The molecule has 0 bridgehead atoms. The quantitative estimate of drug-likeness (QED) is 0.237. The van der Waals surface area contributed by atoms with E-state index >= 15 is 0 Å². The highest BCUT2D eigenvalue weighted by Gasteiger charge is 2.16. The number of hydrogen-bond donors (Lipinski definition) is 1. The second kappa shape index (κ2) is 7.73. The van der Waals surface area contributed by atoms with E-state index in [1.54, 1.807) is 16.7 Å². The van der Waals surface area contributed by atoms with Gasteiger partial charge < -0.3 is 9.67 Å². The van der Waals surface area contributed by atoms with Gasteiger partial charge in [-0.2, -0.15) is 5.11 Å². The molecule has 3 aromatic carbocycles. The van der Waals surface area contributed by atoms with Gasteiger partial charge in [-0.3, -0.25) is 10.1 Å². The van der Waals surface area contributed by atoms with Gasteiger partial charge in [-0.05, 0) is 35.9 Å². The Hall–Kier alpha value is -3.71. The van der Waals surface area contributed by atoms with Crippen LogP contribution in [0.4, 0.5) is 17.1 Å². The van der Waals surface area contributed by atoms with Gasteiger partial charge in [-0.1, -0.05) is 41.9 Å². The molecule has 7 nitrogen and oxygen atoms in total. The zero-order chi connectivity index (χ0) is 20.4. The normalized spacial score (nSPS) is 11.3. The number of rotatable bonds is 5. The van der Waals surface area contributed by atoms with Crippen LogP contribution in [0.15, 0.2) is 83.0 Å². The molecular formula is C21H15ClN4O3. The van der Waals surface area contributed by atoms with Gasteiger partial charge in [0.25, 0.3) is 5.69 Å². The smallest absolute Gasteiger partial charge is 0.269 e. The molecule has 1 heterocycles. The average molecular weight is 407 g/mol. The summed E-state index contributed by atoms with van der Waals surface area (Å²) in [5.41, 5.74) is 2.56. The summed E-state index contributed by atoms with van der Waals surface area (Å²) < 4.78 is 1.75. The minimum absolute atomic E-state index is 0.00758. The number of para-hydroxylation sites is 1. The minimum Gasteiger partial charge on any atom is -0.493 e. The molecule has 0 spiro atoms. The Morgan fingerprint density at radius 1 is 0.966 bits per heavy atom. The van der Waals surface area contributed by atoms with Crippen LogP contribution in [0, 0.1) is 10.1 Å². The highest BCUT2D eigenvalue weighted by atomic mass is 35.5. The van der Waals surface area contributed by atoms with Gasteiger partial charge in [0.05, 0.1) is 22.7 Å². The van der Waals surface area contributed by atoms with Crippen molar-refractivity contribution in [1.82, 2.24) is 4.57 Å². The Labute approximate surface area is 170 Å². The molecule has 0 amide bonds. The van der Waals surface area contributed by atoms with Gasteiger partial charge in [0.2, 0.25) is 5.88 Å². The van der Waals surface area contributed by atoms with Crippen LogP contribution < -0.4 is 0 Å². The number of halogens is 1. The van der Waals surface area contributed by atoms with E-state index in [1.807, 2.05) is 36.4 Å². The molecule has 0 aliphatic carbocycles. The Morgan fingerprint density at radius 3 is 2.34 bits per heavy atom. The number of fused-ring (bicyclic) bond motifs is 1. The summed E-state index contributed by atoms with van der Waals surface area (Å²) in [4.78, 5) is 10.3. The minimum atomic E-state index is -0.475. The number of aromatic nitrogens is 1. The van der Waals surface area contributed by atoms with Crippen molar-refractivity contribution in [2.75, 3.05) is 0 Å². The first kappa shape index (κ1) is 18.6. The number of nitro benzene ring substituents is 1. The van der Waals surface area contributed by atoms with Crippen molar-refractivity contribution in [3.05, 3.63) is 93.5 Å². The molecule has 0 saturated carbocycles. The molecule has 0 radical (unpaired) electrons. The van der Waals surface area contributed by atoms with Gasteiger partial charge in [-0.25, -0.2) is 0 Å². The molecule has 1 N–H and O–H groups in total. The van der Waals surface area contributed by atoms with E-state index < -0.39 is 4.92 Å². The highest BCUT2D eigenvalue weighted by molar-refractivity contribution is 6.30. The summed E-state index contributed by atoms with van der Waals surface area (Å²) >= 11 is 5.95. The summed E-state index contributed by atoms with van der Waals surface area (Å²) in [6.45, 7) is 0.441. The largest absolute Gasteiger partial charge is 0.493 e. The topological polar surface area (TPSA) is 93.0 Å². The van der Waals surface area contributed by atoms with Crippen LogP contribution in [0.25, 0.3) is 10.9 Å². The van der Waals surface area contributed by atoms with Gasteiger partial charge >= 0.3 is 0 Å². The molecule has 1 aromatic heterocycles. The first-order valence-corrected chi connectivity index (χ1v) is 9.11. The SMILES string of the molecule is O=[N+]([O-])c1ccc(N=Nc2c(O)n(Cc3ccc(Cl)cc3)c3ccccc23)cc1. The van der Waals surface area contributed by atoms with E-state index in [0.29, 0.717) is 22.9 Å². The Kier molecular flexibility index (Phi) is 4.97. The number of nitrogens with zero attached hydrogens (tertiary/aromatic N) is 4. The Bertz CT molecular complexity index is 1220. The van der Waals surface area contributed by atoms with Crippen molar-refractivity contribution >= 4 is 39.6 Å². The molecule has 144 valence electrons. The van der Waals surface area contributed by atoms with Crippen LogP contribution in [0.3, 0.4) is 0 Å². The van der Waals surface area contributed by atoms with E-state index in [1.165, 1.54) is 24.3 Å². The molecule has 29 heavy (non-hydrogen) atoms. The molecule has 4 aromatic rings. The number of aromatic hydroxyl groups is 1. The lowest BCUT2D eigenvalue weighted by molar-refractivity contribution is -0.384. The fourth-order valence-corrected chi connectivity index (χ4v) is 3.18. The second-order valence-electron chi connectivity index (χ2n) is 6.38. The van der Waals surface area contributed by atoms with Crippen LogP contribution in [0.5, 0.6) is 5.88 Å². The molecule has 0 aliphatic rings. The molecule has 0 atom stereocenters. The fourth-order valence-electron chi connectivity index (χ4n) is 3.05. The maximum Gasteiger partial charge on any atom is 0.269 e. The summed E-state index contributed by atoms with van der Waals surface area (Å²) in [6, 6.07) is 20.6. The first-order chi connectivity index (χ1) is 14.0. The van der Waals surface area contributed by atoms with Gasteiger partial charge in [0.15, 0.2) is 5.69 Å². The van der Waals surface area contributed by atoms with Crippen molar-refractivity contribution < 1.29 is 10.0 Å². The summed E-state index contributed by atoms with van der Waals surface area (Å²) in [5.74, 6) is -0.00758. The third-order valence-corrected chi connectivity index (χ3v) is 4.75. The van der Waals surface area contributed by atoms with E-state index in [-0.39, 0.29) is 11.6 Å².